The number of rotatable bonds is 2. The average molecular weight is 289 g/mol. The number of carbonyl (C=O) groups is 1. The third kappa shape index (κ3) is 3.02. The van der Waals surface area contributed by atoms with E-state index in [0.29, 0.717) is 17.5 Å². The maximum Gasteiger partial charge on any atom is 0.254 e. The van der Waals surface area contributed by atoms with Gasteiger partial charge in [0.2, 0.25) is 0 Å². The second kappa shape index (κ2) is 6.02. The van der Waals surface area contributed by atoms with Crippen LogP contribution in [0.25, 0.3) is 0 Å². The fourth-order valence-corrected chi connectivity index (χ4v) is 3.50. The Bertz CT molecular complexity index is 575. The van der Waals surface area contributed by atoms with E-state index in [1.165, 1.54) is 29.9 Å². The van der Waals surface area contributed by atoms with E-state index in [1.807, 2.05) is 4.90 Å². The summed E-state index contributed by atoms with van der Waals surface area (Å²) in [7, 11) is 1.69. The lowest BCUT2D eigenvalue weighted by Gasteiger charge is -2.35. The SMILES string of the molecule is Cn1ccc(C(=O)N2CCCC(C3CCCN3)C2)cc1=O. The summed E-state index contributed by atoms with van der Waals surface area (Å²) in [5, 5.41) is 3.55. The Balaban J connectivity index is 1.71. The van der Waals surface area contributed by atoms with Crippen LogP contribution in [-0.4, -0.2) is 41.1 Å². The molecular formula is C16H23N3O2. The molecule has 0 saturated carbocycles. The van der Waals surface area contributed by atoms with Crippen LogP contribution in [0.2, 0.25) is 0 Å². The highest BCUT2D eigenvalue weighted by Crippen LogP contribution is 2.25. The molecule has 1 amide bonds. The van der Waals surface area contributed by atoms with Crippen LogP contribution in [0.5, 0.6) is 0 Å². The van der Waals surface area contributed by atoms with Gasteiger partial charge < -0.3 is 14.8 Å². The number of nitrogens with one attached hydrogen (secondary N) is 1. The Morgan fingerprint density at radius 3 is 2.90 bits per heavy atom. The molecular weight excluding hydrogens is 266 g/mol. The van der Waals surface area contributed by atoms with E-state index in [0.717, 1.165) is 26.1 Å². The van der Waals surface area contributed by atoms with E-state index in [9.17, 15) is 9.59 Å². The number of aromatic nitrogens is 1. The summed E-state index contributed by atoms with van der Waals surface area (Å²) in [5.74, 6) is 0.548. The number of likely N-dealkylation sites (tertiary alicyclic amines) is 1. The zero-order chi connectivity index (χ0) is 14.8. The van der Waals surface area contributed by atoms with Crippen molar-refractivity contribution in [3.05, 3.63) is 34.2 Å². The molecule has 2 unspecified atom stereocenters. The molecule has 2 atom stereocenters. The predicted molar refractivity (Wildman–Crippen MR) is 81.3 cm³/mol. The van der Waals surface area contributed by atoms with Gasteiger partial charge in [0, 0.05) is 44.0 Å². The fraction of sp³-hybridized carbons (Fsp3) is 0.625. The molecule has 5 heteroatoms. The van der Waals surface area contributed by atoms with Crippen LogP contribution >= 0.6 is 0 Å². The third-order valence-electron chi connectivity index (χ3n) is 4.76. The highest BCUT2D eigenvalue weighted by atomic mass is 16.2. The molecule has 3 rings (SSSR count). The minimum absolute atomic E-state index is 0.00426. The third-order valence-corrected chi connectivity index (χ3v) is 4.76. The molecule has 2 fully saturated rings. The molecule has 5 nitrogen and oxygen atoms in total. The Morgan fingerprint density at radius 1 is 1.33 bits per heavy atom. The van der Waals surface area contributed by atoms with Crippen LogP contribution in [0, 0.1) is 5.92 Å². The maximum absolute atomic E-state index is 12.6. The van der Waals surface area contributed by atoms with Crippen molar-refractivity contribution in [2.24, 2.45) is 13.0 Å². The summed E-state index contributed by atoms with van der Waals surface area (Å²) in [4.78, 5) is 26.2. The first-order chi connectivity index (χ1) is 10.1. The van der Waals surface area contributed by atoms with Gasteiger partial charge in [0.15, 0.2) is 0 Å². The molecule has 2 aliphatic heterocycles. The van der Waals surface area contributed by atoms with Crippen molar-refractivity contribution in [2.75, 3.05) is 19.6 Å². The van der Waals surface area contributed by atoms with Crippen LogP contribution < -0.4 is 10.9 Å². The molecule has 21 heavy (non-hydrogen) atoms. The van der Waals surface area contributed by atoms with Crippen molar-refractivity contribution in [1.29, 1.82) is 0 Å². The number of aryl methyl sites for hydroxylation is 1. The molecule has 0 radical (unpaired) electrons. The smallest absolute Gasteiger partial charge is 0.254 e. The first-order valence-electron chi connectivity index (χ1n) is 7.84. The van der Waals surface area contributed by atoms with Gasteiger partial charge in [0.25, 0.3) is 11.5 Å². The number of pyridine rings is 1. The van der Waals surface area contributed by atoms with Crippen molar-refractivity contribution in [3.8, 4) is 0 Å². The quantitative estimate of drug-likeness (QED) is 0.883. The zero-order valence-corrected chi connectivity index (χ0v) is 12.5. The summed E-state index contributed by atoms with van der Waals surface area (Å²) >= 11 is 0. The Morgan fingerprint density at radius 2 is 2.19 bits per heavy atom. The number of carbonyl (C=O) groups excluding carboxylic acids is 1. The zero-order valence-electron chi connectivity index (χ0n) is 12.5. The highest BCUT2D eigenvalue weighted by molar-refractivity contribution is 5.94. The van der Waals surface area contributed by atoms with Gasteiger partial charge in [0.1, 0.15) is 0 Å². The Kier molecular flexibility index (Phi) is 4.10. The van der Waals surface area contributed by atoms with Crippen LogP contribution in [-0.2, 0) is 7.05 Å². The maximum atomic E-state index is 12.6. The van der Waals surface area contributed by atoms with Gasteiger partial charge in [0.05, 0.1) is 0 Å². The van der Waals surface area contributed by atoms with Gasteiger partial charge in [-0.05, 0) is 44.2 Å². The lowest BCUT2D eigenvalue weighted by Crippen LogP contribution is -2.46. The predicted octanol–water partition coefficient (Wildman–Crippen LogP) is 0.989. The number of amides is 1. The van der Waals surface area contributed by atoms with Crippen LogP contribution in [0.15, 0.2) is 23.1 Å². The molecule has 1 aromatic rings. The highest BCUT2D eigenvalue weighted by Gasteiger charge is 2.31. The topological polar surface area (TPSA) is 54.3 Å². The second-order valence-corrected chi connectivity index (χ2v) is 6.22. The molecule has 114 valence electrons. The van der Waals surface area contributed by atoms with Crippen molar-refractivity contribution < 1.29 is 4.79 Å². The van der Waals surface area contributed by atoms with Gasteiger partial charge in [-0.15, -0.1) is 0 Å². The molecule has 0 spiro atoms. The normalized spacial score (nSPS) is 26.0. The van der Waals surface area contributed by atoms with E-state index in [4.69, 9.17) is 0 Å². The molecule has 2 aliphatic rings. The lowest BCUT2D eigenvalue weighted by molar-refractivity contribution is 0.0650. The van der Waals surface area contributed by atoms with Gasteiger partial charge in [-0.1, -0.05) is 0 Å². The number of nitrogens with zero attached hydrogens (tertiary/aromatic N) is 2. The summed E-state index contributed by atoms with van der Waals surface area (Å²) < 4.78 is 1.48. The molecule has 2 saturated heterocycles. The summed E-state index contributed by atoms with van der Waals surface area (Å²) in [6.07, 6.45) is 6.37. The van der Waals surface area contributed by atoms with E-state index < -0.39 is 0 Å². The Labute approximate surface area is 124 Å². The summed E-state index contributed by atoms with van der Waals surface area (Å²) in [6, 6.07) is 3.74. The van der Waals surface area contributed by atoms with E-state index >= 15 is 0 Å². The van der Waals surface area contributed by atoms with Crippen molar-refractivity contribution >= 4 is 5.91 Å². The second-order valence-electron chi connectivity index (χ2n) is 6.22. The molecule has 1 N–H and O–H groups in total. The fourth-order valence-electron chi connectivity index (χ4n) is 3.50. The Hall–Kier alpha value is -1.62. The van der Waals surface area contributed by atoms with Crippen LogP contribution in [0.1, 0.15) is 36.0 Å². The van der Waals surface area contributed by atoms with Gasteiger partial charge in [-0.25, -0.2) is 0 Å². The van der Waals surface area contributed by atoms with Gasteiger partial charge in [-0.2, -0.15) is 0 Å². The standard InChI is InChI=1S/C16H23N3O2/c1-18-9-6-12(10-15(18)20)16(21)19-8-3-4-13(11-19)14-5-2-7-17-14/h6,9-10,13-14,17H,2-5,7-8,11H2,1H3. The average Bonchev–Trinajstić information content (AvgIpc) is 3.04. The molecule has 0 aliphatic carbocycles. The van der Waals surface area contributed by atoms with Gasteiger partial charge in [-0.3, -0.25) is 9.59 Å². The van der Waals surface area contributed by atoms with Crippen molar-refractivity contribution in [1.82, 2.24) is 14.8 Å². The molecule has 0 aromatic carbocycles. The lowest BCUT2D eigenvalue weighted by atomic mass is 9.89. The molecule has 3 heterocycles. The van der Waals surface area contributed by atoms with Crippen molar-refractivity contribution in [2.45, 2.75) is 31.7 Å². The first kappa shape index (κ1) is 14.3. The van der Waals surface area contributed by atoms with Gasteiger partial charge >= 0.3 is 0 Å². The first-order valence-corrected chi connectivity index (χ1v) is 7.84. The van der Waals surface area contributed by atoms with E-state index in [1.54, 1.807) is 19.3 Å². The number of hydrogen-bond acceptors (Lipinski definition) is 3. The summed E-state index contributed by atoms with van der Waals surface area (Å²) in [5.41, 5.74) is 0.380. The minimum atomic E-state index is -0.133. The number of hydrogen-bond donors (Lipinski definition) is 1. The van der Waals surface area contributed by atoms with E-state index in [2.05, 4.69) is 5.32 Å². The minimum Gasteiger partial charge on any atom is -0.338 e. The summed E-state index contributed by atoms with van der Waals surface area (Å²) in [6.45, 7) is 2.72. The number of piperidine rings is 1. The molecule has 1 aromatic heterocycles. The molecule has 0 bridgehead atoms. The van der Waals surface area contributed by atoms with Crippen LogP contribution in [0.3, 0.4) is 0 Å². The monoisotopic (exact) mass is 289 g/mol. The largest absolute Gasteiger partial charge is 0.338 e. The van der Waals surface area contributed by atoms with Crippen LogP contribution in [0.4, 0.5) is 0 Å². The van der Waals surface area contributed by atoms with Crippen molar-refractivity contribution in [3.63, 3.8) is 0 Å². The van der Waals surface area contributed by atoms with E-state index in [-0.39, 0.29) is 11.5 Å².